The second-order valence-corrected chi connectivity index (χ2v) is 6.16. The summed E-state index contributed by atoms with van der Waals surface area (Å²) >= 11 is 0. The molecule has 1 heterocycles. The van der Waals surface area contributed by atoms with Crippen molar-refractivity contribution in [2.24, 2.45) is 13.0 Å². The smallest absolute Gasteiger partial charge is 0.274 e. The van der Waals surface area contributed by atoms with E-state index >= 15 is 0 Å². The summed E-state index contributed by atoms with van der Waals surface area (Å²) in [4.78, 5) is 24.8. The summed E-state index contributed by atoms with van der Waals surface area (Å²) in [6, 6.07) is 7.33. The van der Waals surface area contributed by atoms with Gasteiger partial charge in [0.15, 0.2) is 5.69 Å². The molecular formula is C17H21N3O2. The second kappa shape index (κ2) is 5.91. The van der Waals surface area contributed by atoms with Crippen LogP contribution in [-0.2, 0) is 7.05 Å². The molecule has 1 aromatic heterocycles. The number of fused-ring (bicyclic) bond motifs is 1. The quantitative estimate of drug-likeness (QED) is 0.925. The van der Waals surface area contributed by atoms with Gasteiger partial charge in [0.1, 0.15) is 0 Å². The zero-order valence-corrected chi connectivity index (χ0v) is 13.0. The third-order valence-electron chi connectivity index (χ3n) is 4.60. The topological polar surface area (TPSA) is 64.0 Å². The van der Waals surface area contributed by atoms with E-state index in [1.54, 1.807) is 25.2 Å². The Hall–Kier alpha value is -2.17. The minimum atomic E-state index is -0.189. The van der Waals surface area contributed by atoms with Gasteiger partial charge in [-0.3, -0.25) is 9.59 Å². The van der Waals surface area contributed by atoms with E-state index in [2.05, 4.69) is 17.3 Å². The molecule has 22 heavy (non-hydrogen) atoms. The first kappa shape index (κ1) is 14.8. The fourth-order valence-electron chi connectivity index (χ4n) is 3.23. The number of nitrogens with one attached hydrogen (secondary N) is 1. The summed E-state index contributed by atoms with van der Waals surface area (Å²) in [7, 11) is 1.58. The largest absolute Gasteiger partial charge is 0.348 e. The van der Waals surface area contributed by atoms with E-state index < -0.39 is 0 Å². The minimum absolute atomic E-state index is 0.182. The van der Waals surface area contributed by atoms with Crippen LogP contribution in [0.4, 0.5) is 0 Å². The number of aromatic nitrogens is 2. The number of hydrogen-bond donors (Lipinski definition) is 1. The van der Waals surface area contributed by atoms with Gasteiger partial charge >= 0.3 is 0 Å². The zero-order chi connectivity index (χ0) is 15.7. The van der Waals surface area contributed by atoms with Gasteiger partial charge in [0.2, 0.25) is 0 Å². The number of benzene rings is 1. The number of carbonyl (C=O) groups excluding carboxylic acids is 1. The van der Waals surface area contributed by atoms with Gasteiger partial charge < -0.3 is 5.32 Å². The molecule has 0 spiro atoms. The van der Waals surface area contributed by atoms with E-state index in [9.17, 15) is 9.59 Å². The molecule has 0 radical (unpaired) electrons. The Morgan fingerprint density at radius 3 is 2.64 bits per heavy atom. The standard InChI is InChI=1S/C17H21N3O2/c1-11-7-3-6-10-14(11)18-16(21)15-12-8-4-5-9-13(12)17(22)20(2)19-15/h4-5,8-9,11,14H,3,6-7,10H2,1-2H3,(H,18,21)/t11-,14+/m1/s1. The van der Waals surface area contributed by atoms with E-state index in [1.807, 2.05) is 6.07 Å². The maximum atomic E-state index is 12.6. The van der Waals surface area contributed by atoms with E-state index in [-0.39, 0.29) is 17.5 Å². The van der Waals surface area contributed by atoms with Crippen LogP contribution in [0.3, 0.4) is 0 Å². The molecule has 1 N–H and O–H groups in total. The normalized spacial score (nSPS) is 21.7. The summed E-state index contributed by atoms with van der Waals surface area (Å²) in [5, 5.41) is 8.44. The molecule has 2 aromatic rings. The molecule has 1 saturated carbocycles. The molecule has 1 aliphatic rings. The van der Waals surface area contributed by atoms with Crippen molar-refractivity contribution in [3.05, 3.63) is 40.3 Å². The highest BCUT2D eigenvalue weighted by Gasteiger charge is 2.25. The maximum absolute atomic E-state index is 12.6. The van der Waals surface area contributed by atoms with Crippen molar-refractivity contribution in [3.63, 3.8) is 0 Å². The first-order chi connectivity index (χ1) is 10.6. The van der Waals surface area contributed by atoms with Crippen LogP contribution in [0.25, 0.3) is 10.8 Å². The Morgan fingerprint density at radius 2 is 1.91 bits per heavy atom. The molecule has 1 amide bonds. The van der Waals surface area contributed by atoms with Gasteiger partial charge in [-0.25, -0.2) is 4.68 Å². The number of rotatable bonds is 2. The van der Waals surface area contributed by atoms with Crippen LogP contribution >= 0.6 is 0 Å². The third-order valence-corrected chi connectivity index (χ3v) is 4.60. The molecule has 1 fully saturated rings. The average molecular weight is 299 g/mol. The molecule has 0 unspecified atom stereocenters. The number of hydrogen-bond acceptors (Lipinski definition) is 3. The van der Waals surface area contributed by atoms with E-state index in [0.717, 1.165) is 19.3 Å². The number of nitrogens with zero attached hydrogens (tertiary/aromatic N) is 2. The van der Waals surface area contributed by atoms with Crippen LogP contribution in [0, 0.1) is 5.92 Å². The molecule has 0 aliphatic heterocycles. The van der Waals surface area contributed by atoms with Crippen LogP contribution in [0.15, 0.2) is 29.1 Å². The molecule has 2 atom stereocenters. The molecular weight excluding hydrogens is 278 g/mol. The van der Waals surface area contributed by atoms with Gasteiger partial charge in [0.05, 0.1) is 5.39 Å². The predicted molar refractivity (Wildman–Crippen MR) is 85.9 cm³/mol. The molecule has 5 nitrogen and oxygen atoms in total. The van der Waals surface area contributed by atoms with Crippen molar-refractivity contribution >= 4 is 16.7 Å². The van der Waals surface area contributed by atoms with E-state index in [4.69, 9.17) is 0 Å². The monoisotopic (exact) mass is 299 g/mol. The van der Waals surface area contributed by atoms with Gasteiger partial charge in [-0.15, -0.1) is 0 Å². The highest BCUT2D eigenvalue weighted by molar-refractivity contribution is 6.04. The fourth-order valence-corrected chi connectivity index (χ4v) is 3.23. The van der Waals surface area contributed by atoms with Crippen molar-refractivity contribution in [2.45, 2.75) is 38.6 Å². The molecule has 5 heteroatoms. The fraction of sp³-hybridized carbons (Fsp3) is 0.471. The van der Waals surface area contributed by atoms with Gasteiger partial charge in [0.25, 0.3) is 11.5 Å². The SMILES string of the molecule is C[C@@H]1CCCC[C@@H]1NC(=O)c1nn(C)c(=O)c2ccccc12. The lowest BCUT2D eigenvalue weighted by Gasteiger charge is -2.29. The van der Waals surface area contributed by atoms with Crippen LogP contribution < -0.4 is 10.9 Å². The highest BCUT2D eigenvalue weighted by atomic mass is 16.2. The number of amides is 1. The van der Waals surface area contributed by atoms with Crippen molar-refractivity contribution in [1.82, 2.24) is 15.1 Å². The highest BCUT2D eigenvalue weighted by Crippen LogP contribution is 2.24. The molecule has 3 rings (SSSR count). The van der Waals surface area contributed by atoms with Crippen molar-refractivity contribution in [2.75, 3.05) is 0 Å². The molecule has 0 bridgehead atoms. The summed E-state index contributed by atoms with van der Waals surface area (Å²) < 4.78 is 1.24. The first-order valence-electron chi connectivity index (χ1n) is 7.85. The van der Waals surface area contributed by atoms with Crippen molar-refractivity contribution in [1.29, 1.82) is 0 Å². The number of aryl methyl sites for hydroxylation is 1. The lowest BCUT2D eigenvalue weighted by atomic mass is 9.86. The maximum Gasteiger partial charge on any atom is 0.274 e. The second-order valence-electron chi connectivity index (χ2n) is 6.16. The van der Waals surface area contributed by atoms with Crippen LogP contribution in [-0.4, -0.2) is 21.7 Å². The van der Waals surface area contributed by atoms with E-state index in [1.165, 1.54) is 11.1 Å². The Balaban J connectivity index is 1.97. The van der Waals surface area contributed by atoms with Crippen molar-refractivity contribution < 1.29 is 4.79 Å². The first-order valence-corrected chi connectivity index (χ1v) is 7.85. The molecule has 116 valence electrons. The summed E-state index contributed by atoms with van der Waals surface area (Å²) in [6.07, 6.45) is 4.54. The number of carbonyl (C=O) groups is 1. The molecule has 1 aromatic carbocycles. The van der Waals surface area contributed by atoms with Gasteiger partial charge in [0, 0.05) is 18.5 Å². The lowest BCUT2D eigenvalue weighted by Crippen LogP contribution is -2.42. The predicted octanol–water partition coefficient (Wildman–Crippen LogP) is 2.24. The minimum Gasteiger partial charge on any atom is -0.348 e. The van der Waals surface area contributed by atoms with Crippen LogP contribution in [0.5, 0.6) is 0 Å². The Labute approximate surface area is 129 Å². The molecule has 0 saturated heterocycles. The van der Waals surface area contributed by atoms with Crippen LogP contribution in [0.1, 0.15) is 43.1 Å². The third kappa shape index (κ3) is 2.63. The Kier molecular flexibility index (Phi) is 3.96. The summed E-state index contributed by atoms with van der Waals surface area (Å²) in [5.41, 5.74) is 0.147. The summed E-state index contributed by atoms with van der Waals surface area (Å²) in [6.45, 7) is 2.18. The Morgan fingerprint density at radius 1 is 1.23 bits per heavy atom. The Bertz CT molecular complexity index is 766. The van der Waals surface area contributed by atoms with Crippen LogP contribution in [0.2, 0.25) is 0 Å². The lowest BCUT2D eigenvalue weighted by molar-refractivity contribution is 0.0905. The van der Waals surface area contributed by atoms with Gasteiger partial charge in [-0.2, -0.15) is 5.10 Å². The van der Waals surface area contributed by atoms with Crippen molar-refractivity contribution in [3.8, 4) is 0 Å². The van der Waals surface area contributed by atoms with E-state index in [0.29, 0.717) is 22.4 Å². The summed E-state index contributed by atoms with van der Waals surface area (Å²) in [5.74, 6) is 0.294. The molecule has 1 aliphatic carbocycles. The van der Waals surface area contributed by atoms with Gasteiger partial charge in [-0.05, 0) is 24.8 Å². The average Bonchev–Trinajstić information content (AvgIpc) is 2.53. The zero-order valence-electron chi connectivity index (χ0n) is 13.0. The van der Waals surface area contributed by atoms with Gasteiger partial charge in [-0.1, -0.05) is 38.0 Å².